The van der Waals surface area contributed by atoms with E-state index in [4.69, 9.17) is 0 Å². The number of rotatable bonds is 5. The number of aromatic nitrogens is 6. The Balaban J connectivity index is 1.49. The Morgan fingerprint density at radius 2 is 2.19 bits per heavy atom. The van der Waals surface area contributed by atoms with E-state index in [-0.39, 0.29) is 5.91 Å². The van der Waals surface area contributed by atoms with Gasteiger partial charge < -0.3 is 0 Å². The van der Waals surface area contributed by atoms with Gasteiger partial charge in [-0.15, -0.1) is 0 Å². The molecule has 0 saturated heterocycles. The van der Waals surface area contributed by atoms with Crippen LogP contribution in [0.25, 0.3) is 0 Å². The number of amides is 1. The molecule has 0 unspecified atom stereocenters. The molecule has 2 aromatic heterocycles. The van der Waals surface area contributed by atoms with Gasteiger partial charge in [-0.3, -0.25) is 14.8 Å². The molecule has 2 heterocycles. The van der Waals surface area contributed by atoms with Gasteiger partial charge in [-0.25, -0.2) is 4.68 Å². The zero-order valence-electron chi connectivity index (χ0n) is 11.6. The van der Waals surface area contributed by atoms with Crippen molar-refractivity contribution in [1.29, 1.82) is 0 Å². The van der Waals surface area contributed by atoms with Gasteiger partial charge in [0.25, 0.3) is 5.91 Å². The molecule has 8 heteroatoms. The number of carbonyl (C=O) groups excluding carboxylic acids is 1. The molecule has 110 valence electrons. The molecule has 8 nitrogen and oxygen atoms in total. The van der Waals surface area contributed by atoms with E-state index in [1.807, 2.05) is 0 Å². The highest BCUT2D eigenvalue weighted by molar-refractivity contribution is 6.02. The van der Waals surface area contributed by atoms with E-state index in [1.54, 1.807) is 21.6 Å². The van der Waals surface area contributed by atoms with Crippen LogP contribution < -0.4 is 5.32 Å². The van der Waals surface area contributed by atoms with Gasteiger partial charge >= 0.3 is 0 Å². The second-order valence-corrected chi connectivity index (χ2v) is 5.83. The molecule has 0 spiro atoms. The van der Waals surface area contributed by atoms with Crippen LogP contribution in [-0.2, 0) is 6.54 Å². The van der Waals surface area contributed by atoms with Crippen LogP contribution in [0.4, 0.5) is 5.95 Å². The zero-order valence-corrected chi connectivity index (χ0v) is 11.6. The third-order valence-electron chi connectivity index (χ3n) is 4.22. The molecule has 1 amide bonds. The standard InChI is InChI=1S/C13H17N7O/c21-12(15-13-16-17-18-20(13)10-4-5-10)11-6-7-14-19(11)8-9-2-1-3-9/h6-7,9-10H,1-5,8H2,(H,15,16,18,21). The minimum atomic E-state index is -0.205. The lowest BCUT2D eigenvalue weighted by Crippen LogP contribution is -2.24. The molecule has 2 fully saturated rings. The van der Waals surface area contributed by atoms with Crippen molar-refractivity contribution in [3.05, 3.63) is 18.0 Å². The van der Waals surface area contributed by atoms with E-state index in [0.29, 0.717) is 23.6 Å². The number of carbonyl (C=O) groups is 1. The first-order valence-electron chi connectivity index (χ1n) is 7.42. The van der Waals surface area contributed by atoms with Crippen molar-refractivity contribution in [2.75, 3.05) is 5.32 Å². The summed E-state index contributed by atoms with van der Waals surface area (Å²) < 4.78 is 3.47. The van der Waals surface area contributed by atoms with Gasteiger partial charge in [0, 0.05) is 12.7 Å². The first-order chi connectivity index (χ1) is 10.3. The van der Waals surface area contributed by atoms with E-state index in [1.165, 1.54) is 19.3 Å². The lowest BCUT2D eigenvalue weighted by molar-refractivity contribution is 0.101. The van der Waals surface area contributed by atoms with Gasteiger partial charge in [0.05, 0.1) is 6.04 Å². The minimum Gasteiger partial charge on any atom is -0.288 e. The number of hydrogen-bond acceptors (Lipinski definition) is 5. The fourth-order valence-corrected chi connectivity index (χ4v) is 2.60. The van der Waals surface area contributed by atoms with Crippen molar-refractivity contribution >= 4 is 11.9 Å². The third-order valence-corrected chi connectivity index (χ3v) is 4.22. The maximum atomic E-state index is 12.4. The predicted molar refractivity (Wildman–Crippen MR) is 73.6 cm³/mol. The number of anilines is 1. The summed E-state index contributed by atoms with van der Waals surface area (Å²) in [6.07, 6.45) is 7.52. The second kappa shape index (κ2) is 4.94. The largest absolute Gasteiger partial charge is 0.288 e. The van der Waals surface area contributed by atoms with E-state index in [2.05, 4.69) is 25.9 Å². The fourth-order valence-electron chi connectivity index (χ4n) is 2.60. The minimum absolute atomic E-state index is 0.205. The zero-order chi connectivity index (χ0) is 14.2. The van der Waals surface area contributed by atoms with Crippen LogP contribution in [0.2, 0.25) is 0 Å². The quantitative estimate of drug-likeness (QED) is 0.894. The summed E-state index contributed by atoms with van der Waals surface area (Å²) in [4.78, 5) is 12.4. The molecular formula is C13H17N7O. The van der Waals surface area contributed by atoms with Gasteiger partial charge in [-0.1, -0.05) is 11.5 Å². The molecule has 2 saturated carbocycles. The Morgan fingerprint density at radius 3 is 2.90 bits per heavy atom. The Bertz CT molecular complexity index is 653. The molecule has 2 aliphatic rings. The average molecular weight is 287 g/mol. The van der Waals surface area contributed by atoms with Crippen molar-refractivity contribution < 1.29 is 4.79 Å². The van der Waals surface area contributed by atoms with Gasteiger partial charge in [-0.2, -0.15) is 5.10 Å². The second-order valence-electron chi connectivity index (χ2n) is 5.83. The molecule has 0 atom stereocenters. The Kier molecular flexibility index (Phi) is 2.94. The van der Waals surface area contributed by atoms with Crippen LogP contribution in [-0.4, -0.2) is 35.9 Å². The van der Waals surface area contributed by atoms with Crippen molar-refractivity contribution in [3.63, 3.8) is 0 Å². The first kappa shape index (κ1) is 12.5. The van der Waals surface area contributed by atoms with Gasteiger partial charge in [-0.05, 0) is 48.1 Å². The number of tetrazole rings is 1. The number of nitrogens with one attached hydrogen (secondary N) is 1. The lowest BCUT2D eigenvalue weighted by atomic mass is 9.85. The molecule has 0 bridgehead atoms. The van der Waals surface area contributed by atoms with Crippen LogP contribution in [0.15, 0.2) is 12.3 Å². The van der Waals surface area contributed by atoms with Crippen LogP contribution >= 0.6 is 0 Å². The molecule has 0 aromatic carbocycles. The summed E-state index contributed by atoms with van der Waals surface area (Å²) in [5.74, 6) is 0.857. The third kappa shape index (κ3) is 2.41. The normalized spacial score (nSPS) is 18.5. The molecule has 21 heavy (non-hydrogen) atoms. The van der Waals surface area contributed by atoms with Gasteiger partial charge in [0.2, 0.25) is 5.95 Å². The Hall–Kier alpha value is -2.25. The topological polar surface area (TPSA) is 90.5 Å². The first-order valence-corrected chi connectivity index (χ1v) is 7.42. The van der Waals surface area contributed by atoms with Gasteiger partial charge in [0.1, 0.15) is 5.69 Å². The van der Waals surface area contributed by atoms with Crippen LogP contribution in [0.5, 0.6) is 0 Å². The highest BCUT2D eigenvalue weighted by Crippen LogP contribution is 2.35. The summed E-state index contributed by atoms with van der Waals surface area (Å²) in [7, 11) is 0. The number of nitrogens with zero attached hydrogens (tertiary/aromatic N) is 6. The van der Waals surface area contributed by atoms with E-state index >= 15 is 0 Å². The predicted octanol–water partition coefficient (Wildman–Crippen LogP) is 1.26. The van der Waals surface area contributed by atoms with Crippen molar-refractivity contribution in [3.8, 4) is 0 Å². The molecule has 1 N–H and O–H groups in total. The molecule has 0 radical (unpaired) electrons. The highest BCUT2D eigenvalue weighted by Gasteiger charge is 2.29. The SMILES string of the molecule is O=C(Nc1nnnn1C1CC1)c1ccnn1CC1CCC1. The van der Waals surface area contributed by atoms with Crippen molar-refractivity contribution in [1.82, 2.24) is 30.0 Å². The molecule has 2 aliphatic carbocycles. The fraction of sp³-hybridized carbons (Fsp3) is 0.615. The molecular weight excluding hydrogens is 270 g/mol. The monoisotopic (exact) mass is 287 g/mol. The van der Waals surface area contributed by atoms with Crippen molar-refractivity contribution in [2.45, 2.75) is 44.7 Å². The van der Waals surface area contributed by atoms with Crippen LogP contribution in [0.3, 0.4) is 0 Å². The van der Waals surface area contributed by atoms with Gasteiger partial charge in [0.15, 0.2) is 0 Å². The van der Waals surface area contributed by atoms with E-state index in [9.17, 15) is 4.79 Å². The molecule has 2 aromatic rings. The summed E-state index contributed by atoms with van der Waals surface area (Å²) in [6, 6.07) is 2.06. The van der Waals surface area contributed by atoms with Crippen LogP contribution in [0, 0.1) is 5.92 Å². The Morgan fingerprint density at radius 1 is 1.33 bits per heavy atom. The number of hydrogen-bond donors (Lipinski definition) is 1. The maximum absolute atomic E-state index is 12.4. The highest BCUT2D eigenvalue weighted by atomic mass is 16.2. The Labute approximate surface area is 121 Å². The van der Waals surface area contributed by atoms with E-state index in [0.717, 1.165) is 19.4 Å². The van der Waals surface area contributed by atoms with E-state index < -0.39 is 0 Å². The lowest BCUT2D eigenvalue weighted by Gasteiger charge is -2.25. The average Bonchev–Trinajstić information content (AvgIpc) is 2.98. The smallest absolute Gasteiger partial charge is 0.276 e. The maximum Gasteiger partial charge on any atom is 0.276 e. The summed E-state index contributed by atoms with van der Waals surface area (Å²) in [6.45, 7) is 0.809. The summed E-state index contributed by atoms with van der Waals surface area (Å²) in [5, 5.41) is 18.5. The summed E-state index contributed by atoms with van der Waals surface area (Å²) >= 11 is 0. The summed E-state index contributed by atoms with van der Waals surface area (Å²) in [5.41, 5.74) is 0.562. The molecule has 0 aliphatic heterocycles. The molecule has 4 rings (SSSR count). The van der Waals surface area contributed by atoms with Crippen molar-refractivity contribution in [2.24, 2.45) is 5.92 Å². The van der Waals surface area contributed by atoms with Crippen LogP contribution in [0.1, 0.15) is 48.6 Å².